The molecule has 1 heterocycles. The predicted octanol–water partition coefficient (Wildman–Crippen LogP) is 0.948. The molecule has 6 nitrogen and oxygen atoms in total. The summed E-state index contributed by atoms with van der Waals surface area (Å²) in [6, 6.07) is 10.2. The lowest BCUT2D eigenvalue weighted by Gasteiger charge is -2.25. The summed E-state index contributed by atoms with van der Waals surface area (Å²) in [6.45, 7) is 1.33. The second-order valence-corrected chi connectivity index (χ2v) is 7.86. The van der Waals surface area contributed by atoms with Gasteiger partial charge in [0.05, 0.1) is 13.2 Å². The molecule has 0 bridgehead atoms. The van der Waals surface area contributed by atoms with Gasteiger partial charge in [0.15, 0.2) is 0 Å². The van der Waals surface area contributed by atoms with Gasteiger partial charge in [0.25, 0.3) is 0 Å². The van der Waals surface area contributed by atoms with E-state index in [0.717, 1.165) is 12.8 Å². The molecule has 3 rings (SSSR count). The third-order valence-electron chi connectivity index (χ3n) is 4.41. The van der Waals surface area contributed by atoms with Crippen LogP contribution in [0.2, 0.25) is 0 Å². The Morgan fingerprint density at radius 2 is 1.87 bits per heavy atom. The summed E-state index contributed by atoms with van der Waals surface area (Å²) in [5.74, 6) is 0.362. The molecular weight excluding hydrogens is 316 g/mol. The molecule has 0 spiro atoms. The highest BCUT2D eigenvalue weighted by molar-refractivity contribution is 7.87. The van der Waals surface area contributed by atoms with Gasteiger partial charge in [0.1, 0.15) is 0 Å². The quantitative estimate of drug-likeness (QED) is 0.838. The number of rotatable bonds is 6. The third kappa shape index (κ3) is 4.53. The van der Waals surface area contributed by atoms with Crippen LogP contribution in [0.5, 0.6) is 0 Å². The molecule has 7 heteroatoms. The maximum Gasteiger partial charge on any atom is 0.303 e. The van der Waals surface area contributed by atoms with Gasteiger partial charge in [-0.3, -0.25) is 4.79 Å². The normalized spacial score (nSPS) is 25.0. The molecule has 23 heavy (non-hydrogen) atoms. The average Bonchev–Trinajstić information content (AvgIpc) is 3.25. The molecule has 0 unspecified atom stereocenters. The minimum atomic E-state index is -3.72. The summed E-state index contributed by atoms with van der Waals surface area (Å²) >= 11 is 0. The van der Waals surface area contributed by atoms with Crippen molar-refractivity contribution >= 4 is 16.1 Å². The zero-order valence-corrected chi connectivity index (χ0v) is 13.8. The summed E-state index contributed by atoms with van der Waals surface area (Å²) in [4.78, 5) is 12.0. The van der Waals surface area contributed by atoms with Gasteiger partial charge in [0, 0.05) is 19.5 Å². The van der Waals surface area contributed by atoms with E-state index in [0.29, 0.717) is 32.2 Å². The van der Waals surface area contributed by atoms with Gasteiger partial charge in [-0.25, -0.2) is 4.72 Å². The van der Waals surface area contributed by atoms with Crippen LogP contribution in [0.25, 0.3) is 0 Å². The molecule has 126 valence electrons. The Kier molecular flexibility index (Phi) is 4.99. The highest BCUT2D eigenvalue weighted by Gasteiger charge is 2.39. The zero-order chi connectivity index (χ0) is 16.3. The van der Waals surface area contributed by atoms with E-state index in [1.54, 1.807) is 0 Å². The van der Waals surface area contributed by atoms with Gasteiger partial charge in [0.2, 0.25) is 5.91 Å². The maximum absolute atomic E-state index is 12.1. The predicted molar refractivity (Wildman–Crippen MR) is 85.8 cm³/mol. The number of hydrogen-bond donors (Lipinski definition) is 1. The van der Waals surface area contributed by atoms with E-state index < -0.39 is 16.1 Å². The van der Waals surface area contributed by atoms with Gasteiger partial charge in [-0.1, -0.05) is 30.3 Å². The standard InChI is InChI=1S/C16H22N2O4S/c19-16(17-23(20,21)18-6-8-22-9-7-18)12-15-11-14(15)10-13-4-2-1-3-5-13/h1-5,14-15H,6-12H2,(H,17,19)/t14-,15+/m1/s1. The van der Waals surface area contributed by atoms with E-state index >= 15 is 0 Å². The van der Waals surface area contributed by atoms with Crippen molar-refractivity contribution in [2.75, 3.05) is 26.3 Å². The number of nitrogens with zero attached hydrogens (tertiary/aromatic N) is 1. The van der Waals surface area contributed by atoms with Crippen molar-refractivity contribution < 1.29 is 17.9 Å². The second kappa shape index (κ2) is 6.98. The summed E-state index contributed by atoms with van der Waals surface area (Å²) in [7, 11) is -3.72. The van der Waals surface area contributed by atoms with Crippen molar-refractivity contribution in [2.24, 2.45) is 11.8 Å². The number of hydrogen-bond acceptors (Lipinski definition) is 4. The highest BCUT2D eigenvalue weighted by Crippen LogP contribution is 2.43. The number of amides is 1. The molecule has 1 amide bonds. The molecule has 1 aliphatic heterocycles. The SMILES string of the molecule is O=C(C[C@@H]1C[C@H]1Cc1ccccc1)NS(=O)(=O)N1CCOCC1. The Morgan fingerprint density at radius 3 is 2.57 bits per heavy atom. The smallest absolute Gasteiger partial charge is 0.303 e. The molecule has 2 atom stereocenters. The Bertz CT molecular complexity index is 641. The topological polar surface area (TPSA) is 75.7 Å². The molecule has 1 saturated carbocycles. The van der Waals surface area contributed by atoms with Crippen molar-refractivity contribution in [3.63, 3.8) is 0 Å². The van der Waals surface area contributed by atoms with Crippen LogP contribution >= 0.6 is 0 Å². The maximum atomic E-state index is 12.1. The fourth-order valence-electron chi connectivity index (χ4n) is 3.00. The van der Waals surface area contributed by atoms with Gasteiger partial charge < -0.3 is 4.74 Å². The molecule has 1 aromatic carbocycles. The van der Waals surface area contributed by atoms with Crippen LogP contribution in [0, 0.1) is 11.8 Å². The van der Waals surface area contributed by atoms with Crippen LogP contribution in [0.15, 0.2) is 30.3 Å². The summed E-state index contributed by atoms with van der Waals surface area (Å²) in [5, 5.41) is 0. The first-order valence-electron chi connectivity index (χ1n) is 7.97. The van der Waals surface area contributed by atoms with E-state index in [9.17, 15) is 13.2 Å². The van der Waals surface area contributed by atoms with Crippen LogP contribution in [0.1, 0.15) is 18.4 Å². The van der Waals surface area contributed by atoms with Crippen molar-refractivity contribution in [3.05, 3.63) is 35.9 Å². The molecule has 1 N–H and O–H groups in total. The number of carbonyl (C=O) groups is 1. The summed E-state index contributed by atoms with van der Waals surface area (Å²) in [6.07, 6.45) is 2.22. The fourth-order valence-corrected chi connectivity index (χ4v) is 4.13. The fraction of sp³-hybridized carbons (Fsp3) is 0.562. The lowest BCUT2D eigenvalue weighted by molar-refractivity contribution is -0.119. The van der Waals surface area contributed by atoms with Crippen molar-refractivity contribution in [3.8, 4) is 0 Å². The van der Waals surface area contributed by atoms with Gasteiger partial charge in [-0.15, -0.1) is 0 Å². The van der Waals surface area contributed by atoms with E-state index in [1.807, 2.05) is 18.2 Å². The number of carbonyl (C=O) groups excluding carboxylic acids is 1. The first-order valence-corrected chi connectivity index (χ1v) is 9.41. The van der Waals surface area contributed by atoms with Crippen molar-refractivity contribution in [1.82, 2.24) is 9.03 Å². The van der Waals surface area contributed by atoms with Gasteiger partial charge >= 0.3 is 10.2 Å². The van der Waals surface area contributed by atoms with Crippen molar-refractivity contribution in [2.45, 2.75) is 19.3 Å². The first kappa shape index (κ1) is 16.4. The van der Waals surface area contributed by atoms with E-state index in [2.05, 4.69) is 16.9 Å². The molecular formula is C16H22N2O4S. The van der Waals surface area contributed by atoms with Crippen LogP contribution in [0.3, 0.4) is 0 Å². The van der Waals surface area contributed by atoms with Gasteiger partial charge in [-0.05, 0) is 30.2 Å². The number of morpholine rings is 1. The number of benzene rings is 1. The van der Waals surface area contributed by atoms with Crippen LogP contribution < -0.4 is 4.72 Å². The highest BCUT2D eigenvalue weighted by atomic mass is 32.2. The monoisotopic (exact) mass is 338 g/mol. The van der Waals surface area contributed by atoms with E-state index in [-0.39, 0.29) is 12.3 Å². The van der Waals surface area contributed by atoms with Crippen LogP contribution in [0.4, 0.5) is 0 Å². The Hall–Kier alpha value is -1.44. The molecule has 0 aromatic heterocycles. The minimum absolute atomic E-state index is 0.279. The Morgan fingerprint density at radius 1 is 1.17 bits per heavy atom. The Balaban J connectivity index is 1.45. The molecule has 2 aliphatic rings. The van der Waals surface area contributed by atoms with E-state index in [1.165, 1.54) is 9.87 Å². The van der Waals surface area contributed by atoms with Gasteiger partial charge in [-0.2, -0.15) is 12.7 Å². The average molecular weight is 338 g/mol. The number of ether oxygens (including phenoxy) is 1. The summed E-state index contributed by atoms with van der Waals surface area (Å²) < 4.78 is 32.8. The first-order chi connectivity index (χ1) is 11.0. The molecule has 1 aliphatic carbocycles. The zero-order valence-electron chi connectivity index (χ0n) is 13.0. The van der Waals surface area contributed by atoms with E-state index in [4.69, 9.17) is 4.74 Å². The summed E-state index contributed by atoms with van der Waals surface area (Å²) in [5.41, 5.74) is 1.27. The van der Waals surface area contributed by atoms with Crippen LogP contribution in [-0.4, -0.2) is 44.9 Å². The third-order valence-corrected chi connectivity index (χ3v) is 5.94. The molecule has 1 aromatic rings. The Labute approximate surface area is 137 Å². The van der Waals surface area contributed by atoms with Crippen LogP contribution in [-0.2, 0) is 26.2 Å². The molecule has 1 saturated heterocycles. The number of nitrogens with one attached hydrogen (secondary N) is 1. The molecule has 0 radical (unpaired) electrons. The van der Waals surface area contributed by atoms with Crippen molar-refractivity contribution in [1.29, 1.82) is 0 Å². The minimum Gasteiger partial charge on any atom is -0.379 e. The largest absolute Gasteiger partial charge is 0.379 e. The second-order valence-electron chi connectivity index (χ2n) is 6.19. The molecule has 2 fully saturated rings. The lowest BCUT2D eigenvalue weighted by Crippen LogP contribution is -2.48. The lowest BCUT2D eigenvalue weighted by atomic mass is 10.1.